The highest BCUT2D eigenvalue weighted by molar-refractivity contribution is 5.73. The minimum atomic E-state index is -0.702. The lowest BCUT2D eigenvalue weighted by Crippen LogP contribution is -2.36. The van der Waals surface area contributed by atoms with Crippen molar-refractivity contribution in [2.24, 2.45) is 0 Å². The van der Waals surface area contributed by atoms with Gasteiger partial charge >= 0.3 is 6.03 Å². The van der Waals surface area contributed by atoms with E-state index in [0.29, 0.717) is 0 Å². The SMILES string of the molecule is Cc1ccccc1-[n+]1ccn(C(=O)NO)n1. The molecule has 0 spiro atoms. The minimum absolute atomic E-state index is 0.702. The molecule has 0 bridgehead atoms. The summed E-state index contributed by atoms with van der Waals surface area (Å²) in [6.07, 6.45) is 3.09. The van der Waals surface area contributed by atoms with Gasteiger partial charge < -0.3 is 0 Å². The Kier molecular flexibility index (Phi) is 2.65. The molecule has 0 saturated heterocycles. The Labute approximate surface area is 91.7 Å². The van der Waals surface area contributed by atoms with Crippen LogP contribution in [0.15, 0.2) is 36.7 Å². The van der Waals surface area contributed by atoms with Crippen molar-refractivity contribution in [3.05, 3.63) is 42.2 Å². The van der Waals surface area contributed by atoms with Crippen LogP contribution in [0.3, 0.4) is 0 Å². The predicted octanol–water partition coefficient (Wildman–Crippen LogP) is 0.415. The molecule has 6 heteroatoms. The second kappa shape index (κ2) is 4.11. The Morgan fingerprint density at radius 1 is 1.50 bits per heavy atom. The molecule has 0 fully saturated rings. The molecule has 0 radical (unpaired) electrons. The molecular formula is C10H11N4O2+. The molecule has 0 unspecified atom stereocenters. The van der Waals surface area contributed by atoms with Gasteiger partial charge in [0.25, 0.3) is 0 Å². The number of nitrogens with zero attached hydrogens (tertiary/aromatic N) is 3. The largest absolute Gasteiger partial charge is 0.457 e. The standard InChI is InChI=1S/C10H10N4O2/c1-8-4-2-3-5-9(8)13-6-7-14(12-13)10(15)11-16/h2-7H,1H3,(H-,11,12,15,16)/p+1. The van der Waals surface area contributed by atoms with Crippen molar-refractivity contribution in [2.45, 2.75) is 6.92 Å². The molecule has 2 N–H and O–H groups in total. The number of carbonyl (C=O) groups excluding carboxylic acids is 1. The minimum Gasteiger partial charge on any atom is -0.285 e. The fourth-order valence-electron chi connectivity index (χ4n) is 1.40. The van der Waals surface area contributed by atoms with Gasteiger partial charge in [0, 0.05) is 0 Å². The van der Waals surface area contributed by atoms with E-state index in [1.807, 2.05) is 31.2 Å². The van der Waals surface area contributed by atoms with Gasteiger partial charge in [0.05, 0.1) is 0 Å². The highest BCUT2D eigenvalue weighted by Crippen LogP contribution is 2.04. The van der Waals surface area contributed by atoms with Crippen LogP contribution in [0.1, 0.15) is 5.56 Å². The van der Waals surface area contributed by atoms with Crippen LogP contribution in [0.4, 0.5) is 4.79 Å². The van der Waals surface area contributed by atoms with E-state index in [-0.39, 0.29) is 0 Å². The third-order valence-corrected chi connectivity index (χ3v) is 2.21. The summed E-state index contributed by atoms with van der Waals surface area (Å²) >= 11 is 0. The number of carbonyl (C=O) groups is 1. The fraction of sp³-hybridized carbons (Fsp3) is 0.100. The number of para-hydroxylation sites is 1. The van der Waals surface area contributed by atoms with E-state index in [1.54, 1.807) is 10.9 Å². The molecule has 1 amide bonds. The van der Waals surface area contributed by atoms with Gasteiger partial charge in [-0.15, -0.1) is 4.68 Å². The van der Waals surface area contributed by atoms with Crippen LogP contribution in [0.2, 0.25) is 0 Å². The van der Waals surface area contributed by atoms with E-state index in [9.17, 15) is 4.79 Å². The summed E-state index contributed by atoms with van der Waals surface area (Å²) < 4.78 is 2.57. The zero-order valence-electron chi connectivity index (χ0n) is 8.66. The van der Waals surface area contributed by atoms with Crippen LogP contribution in [0.25, 0.3) is 5.69 Å². The number of hydrogen-bond donors (Lipinski definition) is 2. The smallest absolute Gasteiger partial charge is 0.285 e. The number of aryl methyl sites for hydroxylation is 1. The lowest BCUT2D eigenvalue weighted by atomic mass is 10.2. The highest BCUT2D eigenvalue weighted by atomic mass is 16.5. The average Bonchev–Trinajstić information content (AvgIpc) is 2.78. The first-order chi connectivity index (χ1) is 7.72. The summed E-state index contributed by atoms with van der Waals surface area (Å²) in [7, 11) is 0. The summed E-state index contributed by atoms with van der Waals surface area (Å²) in [6, 6.07) is 6.96. The number of aromatic nitrogens is 3. The monoisotopic (exact) mass is 219 g/mol. The van der Waals surface area contributed by atoms with Crippen LogP contribution < -0.4 is 10.2 Å². The van der Waals surface area contributed by atoms with Gasteiger partial charge in [-0.25, -0.2) is 4.79 Å². The summed E-state index contributed by atoms with van der Waals surface area (Å²) in [4.78, 5) is 11.1. The maximum absolute atomic E-state index is 11.1. The second-order valence-corrected chi connectivity index (χ2v) is 3.28. The van der Waals surface area contributed by atoms with E-state index in [1.165, 1.54) is 11.7 Å². The van der Waals surface area contributed by atoms with Crippen LogP contribution in [0.5, 0.6) is 0 Å². The Balaban J connectivity index is 2.39. The van der Waals surface area contributed by atoms with Crippen LogP contribution in [0, 0.1) is 6.92 Å². The quantitative estimate of drug-likeness (QED) is 0.414. The topological polar surface area (TPSA) is 71.0 Å². The van der Waals surface area contributed by atoms with E-state index in [2.05, 4.69) is 5.21 Å². The van der Waals surface area contributed by atoms with Crippen molar-refractivity contribution >= 4 is 6.03 Å². The Morgan fingerprint density at radius 2 is 2.25 bits per heavy atom. The summed E-state index contributed by atoms with van der Waals surface area (Å²) in [5.41, 5.74) is 3.43. The van der Waals surface area contributed by atoms with Crippen molar-refractivity contribution in [3.8, 4) is 5.69 Å². The summed E-state index contributed by atoms with van der Waals surface area (Å²) in [6.45, 7) is 1.95. The van der Waals surface area contributed by atoms with Crippen LogP contribution in [-0.4, -0.2) is 21.1 Å². The van der Waals surface area contributed by atoms with Gasteiger partial charge in [0.15, 0.2) is 18.1 Å². The van der Waals surface area contributed by atoms with Crippen molar-refractivity contribution < 1.29 is 14.7 Å². The molecule has 2 aromatic rings. The van der Waals surface area contributed by atoms with E-state index < -0.39 is 6.03 Å². The zero-order chi connectivity index (χ0) is 11.5. The maximum atomic E-state index is 11.1. The molecule has 1 aromatic heterocycles. The molecule has 1 aromatic carbocycles. The fourth-order valence-corrected chi connectivity index (χ4v) is 1.40. The van der Waals surface area contributed by atoms with Crippen LogP contribution >= 0.6 is 0 Å². The highest BCUT2D eigenvalue weighted by Gasteiger charge is 2.15. The average molecular weight is 219 g/mol. The molecule has 0 aliphatic rings. The molecule has 0 aliphatic carbocycles. The van der Waals surface area contributed by atoms with Gasteiger partial charge in [-0.2, -0.15) is 5.48 Å². The number of rotatable bonds is 1. The van der Waals surface area contributed by atoms with Crippen molar-refractivity contribution in [1.29, 1.82) is 0 Å². The van der Waals surface area contributed by atoms with Crippen molar-refractivity contribution in [1.82, 2.24) is 15.4 Å². The molecule has 2 rings (SSSR count). The van der Waals surface area contributed by atoms with Gasteiger partial charge in [0.2, 0.25) is 0 Å². The first-order valence-corrected chi connectivity index (χ1v) is 4.70. The molecule has 0 saturated carbocycles. The van der Waals surface area contributed by atoms with E-state index in [0.717, 1.165) is 15.9 Å². The molecule has 1 heterocycles. The van der Waals surface area contributed by atoms with Crippen molar-refractivity contribution in [2.75, 3.05) is 0 Å². The third kappa shape index (κ3) is 1.78. The Morgan fingerprint density at radius 3 is 2.94 bits per heavy atom. The van der Waals surface area contributed by atoms with Gasteiger partial charge in [-0.3, -0.25) is 5.21 Å². The van der Waals surface area contributed by atoms with Gasteiger partial charge in [-0.1, -0.05) is 18.2 Å². The lowest BCUT2D eigenvalue weighted by molar-refractivity contribution is -0.661. The molecule has 0 atom stereocenters. The first-order valence-electron chi connectivity index (χ1n) is 4.70. The Hall–Kier alpha value is -2.21. The molecule has 6 nitrogen and oxygen atoms in total. The molecule has 16 heavy (non-hydrogen) atoms. The number of benzene rings is 1. The Bertz CT molecular complexity index is 521. The summed E-state index contributed by atoms with van der Waals surface area (Å²) in [5.74, 6) is 0. The van der Waals surface area contributed by atoms with Crippen molar-refractivity contribution in [3.63, 3.8) is 0 Å². The predicted molar refractivity (Wildman–Crippen MR) is 54.2 cm³/mol. The third-order valence-electron chi connectivity index (χ3n) is 2.21. The van der Waals surface area contributed by atoms with Gasteiger partial charge in [-0.05, 0) is 23.2 Å². The number of hydroxylamine groups is 1. The number of nitrogens with one attached hydrogen (secondary N) is 1. The zero-order valence-corrected chi connectivity index (χ0v) is 8.66. The summed E-state index contributed by atoms with van der Waals surface area (Å²) in [5, 5.41) is 12.4. The normalized spacial score (nSPS) is 10.1. The van der Waals surface area contributed by atoms with Crippen LogP contribution in [-0.2, 0) is 0 Å². The molecule has 0 aliphatic heterocycles. The van der Waals surface area contributed by atoms with Gasteiger partial charge in [0.1, 0.15) is 5.21 Å². The lowest BCUT2D eigenvalue weighted by Gasteiger charge is -1.96. The number of hydrogen-bond acceptors (Lipinski definition) is 3. The maximum Gasteiger partial charge on any atom is 0.457 e. The molecule has 82 valence electrons. The number of amides is 1. The molecular weight excluding hydrogens is 208 g/mol. The second-order valence-electron chi connectivity index (χ2n) is 3.28. The van der Waals surface area contributed by atoms with E-state index >= 15 is 0 Å². The first kappa shape index (κ1) is 10.3. The van der Waals surface area contributed by atoms with E-state index in [4.69, 9.17) is 5.21 Å².